The molecule has 1 aliphatic rings. The van der Waals surface area contributed by atoms with Crippen molar-refractivity contribution in [1.29, 1.82) is 0 Å². The van der Waals surface area contributed by atoms with Gasteiger partial charge in [0.1, 0.15) is 22.4 Å². The molecule has 8 nitrogen and oxygen atoms in total. The highest BCUT2D eigenvalue weighted by Crippen LogP contribution is 2.33. The number of carbonyl (C=O) groups excluding carboxylic acids is 1. The highest BCUT2D eigenvalue weighted by Gasteiger charge is 2.33. The Kier molecular flexibility index (Phi) is 7.36. The number of hydrogen-bond donors (Lipinski definition) is 2. The van der Waals surface area contributed by atoms with Gasteiger partial charge >= 0.3 is 5.97 Å². The fraction of sp³-hybridized carbons (Fsp3) is 0.167. The molecule has 1 aromatic carbocycles. The summed E-state index contributed by atoms with van der Waals surface area (Å²) in [6.45, 7) is 3.49. The molecule has 2 heterocycles. The quantitative estimate of drug-likeness (QED) is 0.521. The highest BCUT2D eigenvalue weighted by molar-refractivity contribution is 8.26. The van der Waals surface area contributed by atoms with E-state index in [1.54, 1.807) is 18.2 Å². The maximum absolute atomic E-state index is 12.3. The van der Waals surface area contributed by atoms with Gasteiger partial charge in [-0.05, 0) is 24.3 Å². The summed E-state index contributed by atoms with van der Waals surface area (Å²) in [4.78, 5) is 24.3. The van der Waals surface area contributed by atoms with Crippen LogP contribution < -0.4 is 5.14 Å². The van der Waals surface area contributed by atoms with Crippen molar-refractivity contribution in [2.75, 3.05) is 6.54 Å². The number of carboxylic acids is 1. The zero-order valence-corrected chi connectivity index (χ0v) is 17.9. The number of nitrogens with two attached hydrogens (primary N) is 1. The maximum Gasteiger partial charge on any atom is 0.323 e. The van der Waals surface area contributed by atoms with Gasteiger partial charge in [0.25, 0.3) is 5.91 Å². The zero-order chi connectivity index (χ0) is 21.8. The van der Waals surface area contributed by atoms with Gasteiger partial charge in [0.2, 0.25) is 10.0 Å². The van der Waals surface area contributed by atoms with Gasteiger partial charge in [0, 0.05) is 11.6 Å². The monoisotopic (exact) mass is 454 g/mol. The number of nitrogens with zero attached hydrogens (tertiary/aromatic N) is 1. The Hall–Kier alpha value is -2.47. The van der Waals surface area contributed by atoms with Crippen molar-refractivity contribution in [3.05, 3.63) is 47.1 Å². The van der Waals surface area contributed by atoms with Crippen LogP contribution in [-0.4, -0.2) is 41.2 Å². The normalized spacial score (nSPS) is 15.4. The molecular weight excluding hydrogens is 436 g/mol. The van der Waals surface area contributed by atoms with E-state index in [-0.39, 0.29) is 14.1 Å². The SMILES string of the molecule is CC.NS(=O)(=O)c1cccc(-c2ccc(/C=C3/SC(=S)N(CC(=O)O)C3=O)o2)c1. The number of thiocarbonyl (C=S) groups is 1. The summed E-state index contributed by atoms with van der Waals surface area (Å²) in [7, 11) is -3.84. The molecule has 2 aromatic rings. The van der Waals surface area contributed by atoms with Gasteiger partial charge in [-0.3, -0.25) is 14.5 Å². The summed E-state index contributed by atoms with van der Waals surface area (Å²) in [5.74, 6) is -0.959. The number of hydrogen-bond acceptors (Lipinski definition) is 7. The van der Waals surface area contributed by atoms with Crippen LogP contribution in [0.3, 0.4) is 0 Å². The molecule has 0 spiro atoms. The van der Waals surface area contributed by atoms with Gasteiger partial charge in [-0.15, -0.1) is 0 Å². The topological polar surface area (TPSA) is 131 Å². The number of aliphatic carboxylic acids is 1. The van der Waals surface area contributed by atoms with E-state index >= 15 is 0 Å². The molecule has 1 aromatic heterocycles. The summed E-state index contributed by atoms with van der Waals surface area (Å²) in [6.07, 6.45) is 1.45. The molecule has 0 bridgehead atoms. The first-order chi connectivity index (χ1) is 13.6. The minimum Gasteiger partial charge on any atom is -0.480 e. The number of amides is 1. The molecule has 1 saturated heterocycles. The summed E-state index contributed by atoms with van der Waals surface area (Å²) < 4.78 is 28.7. The van der Waals surface area contributed by atoms with E-state index in [1.807, 2.05) is 13.8 Å². The lowest BCUT2D eigenvalue weighted by molar-refractivity contribution is -0.140. The van der Waals surface area contributed by atoms with E-state index in [0.717, 1.165) is 16.7 Å². The average Bonchev–Trinajstić information content (AvgIpc) is 3.23. The van der Waals surface area contributed by atoms with Crippen LogP contribution in [0.2, 0.25) is 0 Å². The Balaban J connectivity index is 0.00000145. The lowest BCUT2D eigenvalue weighted by Gasteiger charge is -2.09. The molecule has 0 aliphatic carbocycles. The molecule has 3 N–H and O–H groups in total. The smallest absolute Gasteiger partial charge is 0.323 e. The lowest BCUT2D eigenvalue weighted by Crippen LogP contribution is -2.33. The van der Waals surface area contributed by atoms with Gasteiger partial charge in [-0.2, -0.15) is 0 Å². The standard InChI is InChI=1S/C16H12N2O6S3.C2H6/c17-27(22,23)11-3-1-2-9(6-11)12-5-4-10(24-12)7-13-15(21)18(8-14(19)20)16(25)26-13;1-2/h1-7H,8H2,(H,19,20)(H2,17,22,23);1-2H3/b13-7+;. The molecule has 29 heavy (non-hydrogen) atoms. The van der Waals surface area contributed by atoms with Gasteiger partial charge in [0.05, 0.1) is 9.80 Å². The number of primary sulfonamides is 1. The van der Waals surface area contributed by atoms with Gasteiger partial charge in [-0.1, -0.05) is 50.0 Å². The maximum atomic E-state index is 12.3. The fourth-order valence-electron chi connectivity index (χ4n) is 2.31. The average molecular weight is 455 g/mol. The predicted molar refractivity (Wildman–Crippen MR) is 114 cm³/mol. The van der Waals surface area contributed by atoms with Crippen molar-refractivity contribution >= 4 is 56.3 Å². The molecule has 11 heteroatoms. The van der Waals surface area contributed by atoms with Crippen LogP contribution in [0.15, 0.2) is 50.6 Å². The highest BCUT2D eigenvalue weighted by atomic mass is 32.2. The van der Waals surface area contributed by atoms with Crippen LogP contribution in [0.5, 0.6) is 0 Å². The number of benzene rings is 1. The molecule has 3 rings (SSSR count). The van der Waals surface area contributed by atoms with Crippen molar-refractivity contribution < 1.29 is 27.5 Å². The summed E-state index contributed by atoms with van der Waals surface area (Å²) in [6, 6.07) is 9.16. The molecule has 0 unspecified atom stereocenters. The molecule has 1 amide bonds. The van der Waals surface area contributed by atoms with Crippen LogP contribution in [0, 0.1) is 0 Å². The van der Waals surface area contributed by atoms with Crippen molar-refractivity contribution in [3.63, 3.8) is 0 Å². The Morgan fingerprint density at radius 2 is 2.00 bits per heavy atom. The van der Waals surface area contributed by atoms with Crippen molar-refractivity contribution in [1.82, 2.24) is 4.90 Å². The predicted octanol–water partition coefficient (Wildman–Crippen LogP) is 2.91. The Bertz CT molecular complexity index is 1090. The summed E-state index contributed by atoms with van der Waals surface area (Å²) in [5.41, 5.74) is 0.500. The molecule has 0 saturated carbocycles. The Morgan fingerprint density at radius 3 is 2.62 bits per heavy atom. The minimum atomic E-state index is -3.84. The fourth-order valence-corrected chi connectivity index (χ4v) is 4.11. The van der Waals surface area contributed by atoms with Gasteiger partial charge in [0.15, 0.2) is 0 Å². The molecule has 1 fully saturated rings. The van der Waals surface area contributed by atoms with Crippen molar-refractivity contribution in [3.8, 4) is 11.3 Å². The number of carboxylic acid groups (broad SMARTS) is 1. The second-order valence-corrected chi connectivity index (χ2v) is 8.67. The Morgan fingerprint density at radius 1 is 1.31 bits per heavy atom. The molecule has 0 radical (unpaired) electrons. The van der Waals surface area contributed by atoms with Crippen LogP contribution in [0.4, 0.5) is 0 Å². The van der Waals surface area contributed by atoms with Crippen molar-refractivity contribution in [2.45, 2.75) is 18.7 Å². The molecule has 1 aliphatic heterocycles. The third-order valence-electron chi connectivity index (χ3n) is 3.51. The molecule has 154 valence electrons. The van der Waals surface area contributed by atoms with E-state index in [9.17, 15) is 18.0 Å². The van der Waals surface area contributed by atoms with E-state index in [2.05, 4.69) is 0 Å². The van der Waals surface area contributed by atoms with Crippen LogP contribution in [0.25, 0.3) is 17.4 Å². The second-order valence-electron chi connectivity index (χ2n) is 5.44. The number of sulfonamides is 1. The number of rotatable bonds is 5. The zero-order valence-electron chi connectivity index (χ0n) is 15.5. The van der Waals surface area contributed by atoms with Gasteiger partial charge < -0.3 is 9.52 Å². The Labute approximate surface area is 177 Å². The van der Waals surface area contributed by atoms with E-state index in [4.69, 9.17) is 26.9 Å². The van der Waals surface area contributed by atoms with E-state index < -0.39 is 28.4 Å². The van der Waals surface area contributed by atoms with Gasteiger partial charge in [-0.25, -0.2) is 13.6 Å². The van der Waals surface area contributed by atoms with Crippen LogP contribution >= 0.6 is 24.0 Å². The number of carbonyl (C=O) groups is 2. The minimum absolute atomic E-state index is 0.0486. The molecular formula is C18H18N2O6S3. The first kappa shape index (κ1) is 22.8. The van der Waals surface area contributed by atoms with E-state index in [0.29, 0.717) is 17.1 Å². The summed E-state index contributed by atoms with van der Waals surface area (Å²) >= 11 is 6.00. The van der Waals surface area contributed by atoms with Crippen LogP contribution in [0.1, 0.15) is 19.6 Å². The third kappa shape index (κ3) is 5.54. The first-order valence-corrected chi connectivity index (χ1v) is 11.1. The van der Waals surface area contributed by atoms with Crippen molar-refractivity contribution in [2.24, 2.45) is 5.14 Å². The second kappa shape index (κ2) is 9.35. The summed E-state index contributed by atoms with van der Waals surface area (Å²) in [5, 5.41) is 14.0. The number of furan rings is 1. The molecule has 0 atom stereocenters. The number of thioether (sulfide) groups is 1. The lowest BCUT2D eigenvalue weighted by atomic mass is 10.2. The van der Waals surface area contributed by atoms with E-state index in [1.165, 1.54) is 24.3 Å². The third-order valence-corrected chi connectivity index (χ3v) is 5.80. The first-order valence-electron chi connectivity index (χ1n) is 8.35. The van der Waals surface area contributed by atoms with Crippen LogP contribution in [-0.2, 0) is 19.6 Å². The largest absolute Gasteiger partial charge is 0.480 e.